The molecule has 0 aromatic heterocycles. The van der Waals surface area contributed by atoms with Gasteiger partial charge in [0, 0.05) is 17.8 Å². The molecule has 0 atom stereocenters. The topological polar surface area (TPSA) is 58.6 Å². The molecule has 3 aromatic carbocycles. The lowest BCUT2D eigenvalue weighted by Crippen LogP contribution is -2.30. The summed E-state index contributed by atoms with van der Waals surface area (Å²) in [7, 11) is 0. The third-order valence-electron chi connectivity index (χ3n) is 4.44. The summed E-state index contributed by atoms with van der Waals surface area (Å²) in [4.78, 5) is 27.2. The third-order valence-corrected chi connectivity index (χ3v) is 4.44. The molecule has 0 bridgehead atoms. The van der Waals surface area contributed by atoms with Gasteiger partial charge in [-0.15, -0.1) is 0 Å². The molecule has 0 fully saturated rings. The first kappa shape index (κ1) is 16.8. The van der Waals surface area contributed by atoms with Crippen LogP contribution in [0.4, 0.5) is 11.4 Å². The zero-order valence-corrected chi connectivity index (χ0v) is 14.8. The number of benzene rings is 3. The molecule has 4 rings (SSSR count). The molecule has 0 aliphatic carbocycles. The highest BCUT2D eigenvalue weighted by atomic mass is 16.5. The van der Waals surface area contributed by atoms with Crippen molar-refractivity contribution in [2.24, 2.45) is 0 Å². The predicted molar refractivity (Wildman–Crippen MR) is 105 cm³/mol. The lowest BCUT2D eigenvalue weighted by atomic mass is 10.1. The first-order valence-corrected chi connectivity index (χ1v) is 8.76. The minimum atomic E-state index is -0.241. The van der Waals surface area contributed by atoms with Gasteiger partial charge in [0.2, 0.25) is 0 Å². The van der Waals surface area contributed by atoms with E-state index in [4.69, 9.17) is 4.74 Å². The van der Waals surface area contributed by atoms with Crippen LogP contribution < -0.4 is 15.0 Å². The molecule has 0 spiro atoms. The fourth-order valence-electron chi connectivity index (χ4n) is 3.10. The van der Waals surface area contributed by atoms with E-state index in [0.29, 0.717) is 40.5 Å². The Hall–Kier alpha value is -3.60. The van der Waals surface area contributed by atoms with Crippen LogP contribution >= 0.6 is 0 Å². The second-order valence-electron chi connectivity index (χ2n) is 6.15. The van der Waals surface area contributed by atoms with Crippen LogP contribution in [-0.2, 0) is 0 Å². The lowest BCUT2D eigenvalue weighted by molar-refractivity contribution is 0.0985. The largest absolute Gasteiger partial charge is 0.454 e. The zero-order valence-electron chi connectivity index (χ0n) is 14.8. The van der Waals surface area contributed by atoms with Crippen LogP contribution in [-0.4, -0.2) is 18.4 Å². The smallest absolute Gasteiger partial charge is 0.262 e. The van der Waals surface area contributed by atoms with Crippen molar-refractivity contribution >= 4 is 23.2 Å². The number of carbonyl (C=O) groups is 2. The molecule has 0 unspecified atom stereocenters. The Morgan fingerprint density at radius 2 is 1.70 bits per heavy atom. The fourth-order valence-corrected chi connectivity index (χ4v) is 3.10. The van der Waals surface area contributed by atoms with E-state index in [1.54, 1.807) is 35.2 Å². The van der Waals surface area contributed by atoms with Crippen molar-refractivity contribution in [3.8, 4) is 11.5 Å². The molecule has 2 amide bonds. The van der Waals surface area contributed by atoms with Gasteiger partial charge in [-0.25, -0.2) is 0 Å². The van der Waals surface area contributed by atoms with Gasteiger partial charge in [0.05, 0.1) is 11.3 Å². The van der Waals surface area contributed by atoms with Crippen molar-refractivity contribution in [1.82, 2.24) is 0 Å². The molecule has 27 heavy (non-hydrogen) atoms. The van der Waals surface area contributed by atoms with Gasteiger partial charge in [0.1, 0.15) is 5.75 Å². The second kappa shape index (κ2) is 6.96. The maximum Gasteiger partial charge on any atom is 0.262 e. The van der Waals surface area contributed by atoms with Gasteiger partial charge < -0.3 is 15.0 Å². The fraction of sp³-hybridized carbons (Fsp3) is 0.0909. The maximum absolute atomic E-state index is 12.9. The summed E-state index contributed by atoms with van der Waals surface area (Å²) < 4.78 is 5.96. The van der Waals surface area contributed by atoms with Gasteiger partial charge in [-0.1, -0.05) is 30.3 Å². The number of para-hydroxylation sites is 2. The molecule has 134 valence electrons. The molecule has 1 aliphatic heterocycles. The molecule has 0 saturated heterocycles. The summed E-state index contributed by atoms with van der Waals surface area (Å²) >= 11 is 0. The number of carbonyl (C=O) groups excluding carboxylic acids is 2. The van der Waals surface area contributed by atoms with Crippen molar-refractivity contribution in [1.29, 1.82) is 0 Å². The molecule has 3 aromatic rings. The van der Waals surface area contributed by atoms with Crippen molar-refractivity contribution in [3.63, 3.8) is 0 Å². The van der Waals surface area contributed by atoms with E-state index in [1.165, 1.54) is 0 Å². The van der Waals surface area contributed by atoms with Crippen molar-refractivity contribution in [2.45, 2.75) is 6.92 Å². The minimum Gasteiger partial charge on any atom is -0.454 e. The van der Waals surface area contributed by atoms with Crippen LogP contribution in [0.3, 0.4) is 0 Å². The number of amides is 2. The molecular weight excluding hydrogens is 340 g/mol. The summed E-state index contributed by atoms with van der Waals surface area (Å²) in [5, 5.41) is 2.86. The number of nitrogens with zero attached hydrogens (tertiary/aromatic N) is 1. The molecule has 1 heterocycles. The molecule has 0 saturated carbocycles. The van der Waals surface area contributed by atoms with Crippen LogP contribution in [0.15, 0.2) is 72.8 Å². The summed E-state index contributed by atoms with van der Waals surface area (Å²) in [6.45, 7) is 2.36. The van der Waals surface area contributed by atoms with E-state index in [1.807, 2.05) is 49.4 Å². The molecule has 0 radical (unpaired) electrons. The van der Waals surface area contributed by atoms with Crippen molar-refractivity contribution in [2.75, 3.05) is 16.8 Å². The lowest BCUT2D eigenvalue weighted by Gasteiger charge is -2.20. The molecule has 1 N–H and O–H groups in total. The van der Waals surface area contributed by atoms with Crippen molar-refractivity contribution < 1.29 is 14.3 Å². The van der Waals surface area contributed by atoms with Crippen LogP contribution in [0, 0.1) is 0 Å². The minimum absolute atomic E-state index is 0.146. The SMILES string of the molecule is CCN1C(=O)c2ccccc2Oc2ccc(C(=O)Nc3ccccc3)cc21. The predicted octanol–water partition coefficient (Wildman–Crippen LogP) is 4.71. The Labute approximate surface area is 157 Å². The van der Waals surface area contributed by atoms with Crippen LogP contribution in [0.2, 0.25) is 0 Å². The number of fused-ring (bicyclic) bond motifs is 2. The normalized spacial score (nSPS) is 12.5. The van der Waals surface area contributed by atoms with E-state index >= 15 is 0 Å². The number of hydrogen-bond acceptors (Lipinski definition) is 3. The maximum atomic E-state index is 12.9. The van der Waals surface area contributed by atoms with Gasteiger partial charge >= 0.3 is 0 Å². The Bertz CT molecular complexity index is 1020. The average Bonchev–Trinajstić information content (AvgIpc) is 2.82. The highest BCUT2D eigenvalue weighted by Gasteiger charge is 2.27. The summed E-state index contributed by atoms with van der Waals surface area (Å²) in [5.74, 6) is 0.675. The van der Waals surface area contributed by atoms with E-state index in [0.717, 1.165) is 0 Å². The number of ether oxygens (including phenoxy) is 1. The Balaban J connectivity index is 1.72. The van der Waals surface area contributed by atoms with Gasteiger partial charge in [-0.2, -0.15) is 0 Å². The van der Waals surface area contributed by atoms with Gasteiger partial charge in [-0.3, -0.25) is 9.59 Å². The highest BCUT2D eigenvalue weighted by Crippen LogP contribution is 2.39. The Morgan fingerprint density at radius 3 is 2.48 bits per heavy atom. The number of nitrogens with one attached hydrogen (secondary N) is 1. The molecule has 1 aliphatic rings. The first-order chi connectivity index (χ1) is 13.2. The van der Waals surface area contributed by atoms with Crippen LogP contribution in [0.1, 0.15) is 27.6 Å². The number of anilines is 2. The zero-order chi connectivity index (χ0) is 18.8. The summed E-state index contributed by atoms with van der Waals surface area (Å²) in [6, 6.07) is 21.5. The van der Waals surface area contributed by atoms with Crippen molar-refractivity contribution in [3.05, 3.63) is 83.9 Å². The molecule has 5 nitrogen and oxygen atoms in total. The third kappa shape index (κ3) is 3.15. The van der Waals surface area contributed by atoms with Crippen LogP contribution in [0.5, 0.6) is 11.5 Å². The molecule has 5 heteroatoms. The Kier molecular flexibility index (Phi) is 4.34. The van der Waals surface area contributed by atoms with E-state index in [-0.39, 0.29) is 11.8 Å². The highest BCUT2D eigenvalue weighted by molar-refractivity contribution is 6.11. The average molecular weight is 358 g/mol. The van der Waals surface area contributed by atoms with Gasteiger partial charge in [-0.05, 0) is 49.4 Å². The standard InChI is InChI=1S/C22H18N2O3/c1-2-24-18-14-15(21(25)23-16-8-4-3-5-9-16)12-13-20(18)27-19-11-7-6-10-17(19)22(24)26/h3-14H,2H2,1H3,(H,23,25). The van der Waals surface area contributed by atoms with Gasteiger partial charge in [0.25, 0.3) is 11.8 Å². The summed E-state index contributed by atoms with van der Waals surface area (Å²) in [6.07, 6.45) is 0. The summed E-state index contributed by atoms with van der Waals surface area (Å²) in [5.41, 5.74) is 2.26. The second-order valence-corrected chi connectivity index (χ2v) is 6.15. The monoisotopic (exact) mass is 358 g/mol. The van der Waals surface area contributed by atoms with E-state index < -0.39 is 0 Å². The Morgan fingerprint density at radius 1 is 0.963 bits per heavy atom. The van der Waals surface area contributed by atoms with E-state index in [9.17, 15) is 9.59 Å². The van der Waals surface area contributed by atoms with Crippen LogP contribution in [0.25, 0.3) is 0 Å². The molecular formula is C22H18N2O3. The number of rotatable bonds is 3. The first-order valence-electron chi connectivity index (χ1n) is 8.76. The van der Waals surface area contributed by atoms with Gasteiger partial charge in [0.15, 0.2) is 5.75 Å². The quantitative estimate of drug-likeness (QED) is 0.737. The van der Waals surface area contributed by atoms with E-state index in [2.05, 4.69) is 5.32 Å². The number of hydrogen-bond donors (Lipinski definition) is 1.